The van der Waals surface area contributed by atoms with Gasteiger partial charge in [-0.1, -0.05) is 23.2 Å². The number of hydrogen-bond donors (Lipinski definition) is 1. The lowest BCUT2D eigenvalue weighted by atomic mass is 10.1. The monoisotopic (exact) mass is 397 g/mol. The van der Waals surface area contributed by atoms with Crippen LogP contribution in [0.1, 0.15) is 21.6 Å². The number of hydrogen-bond acceptors (Lipinski definition) is 4. The van der Waals surface area contributed by atoms with Gasteiger partial charge >= 0.3 is 5.97 Å². The van der Waals surface area contributed by atoms with Crippen molar-refractivity contribution in [3.05, 3.63) is 49.8 Å². The molecule has 0 unspecified atom stereocenters. The lowest BCUT2D eigenvalue weighted by Crippen LogP contribution is -2.13. The topological polar surface area (TPSA) is 68.5 Å². The van der Waals surface area contributed by atoms with Gasteiger partial charge in [0.15, 0.2) is 0 Å². The van der Waals surface area contributed by atoms with E-state index >= 15 is 0 Å². The van der Waals surface area contributed by atoms with Gasteiger partial charge in [0.05, 0.1) is 34.0 Å². The molecular weight excluding hydrogens is 385 g/mol. The lowest BCUT2D eigenvalue weighted by molar-refractivity contribution is -0.136. The normalized spacial score (nSPS) is 11.0. The van der Waals surface area contributed by atoms with E-state index in [-0.39, 0.29) is 17.4 Å². The first-order chi connectivity index (χ1) is 11.8. The number of carbonyl (C=O) groups is 2. The number of aromatic nitrogens is 1. The number of halogens is 2. The van der Waals surface area contributed by atoms with Crippen LogP contribution in [0.25, 0.3) is 10.9 Å². The molecular formula is C17H13Cl2NO4S. The van der Waals surface area contributed by atoms with Crippen molar-refractivity contribution >= 4 is 57.3 Å². The van der Waals surface area contributed by atoms with Crippen LogP contribution >= 0.6 is 34.5 Å². The highest BCUT2D eigenvalue weighted by atomic mass is 35.5. The number of rotatable bonds is 4. The number of nitrogens with zero attached hydrogens (tertiary/aromatic N) is 1. The number of ether oxygens (including phenoxy) is 1. The quantitative estimate of drug-likeness (QED) is 0.695. The van der Waals surface area contributed by atoms with Crippen LogP contribution in [-0.2, 0) is 11.2 Å². The third-order valence-electron chi connectivity index (χ3n) is 3.96. The zero-order valence-electron chi connectivity index (χ0n) is 13.3. The Balaban J connectivity index is 2.32. The van der Waals surface area contributed by atoms with E-state index in [1.54, 1.807) is 30.5 Å². The van der Waals surface area contributed by atoms with Crippen molar-refractivity contribution in [1.82, 2.24) is 4.57 Å². The average Bonchev–Trinajstić information content (AvgIpc) is 3.10. The molecule has 2 heterocycles. The van der Waals surface area contributed by atoms with E-state index < -0.39 is 5.97 Å². The third kappa shape index (κ3) is 3.01. The Bertz CT molecular complexity index is 1010. The molecule has 0 aliphatic carbocycles. The molecule has 3 aromatic rings. The van der Waals surface area contributed by atoms with Crippen LogP contribution in [0, 0.1) is 6.92 Å². The van der Waals surface area contributed by atoms with Gasteiger partial charge in [-0.25, -0.2) is 0 Å². The van der Waals surface area contributed by atoms with Gasteiger partial charge in [0.1, 0.15) is 5.75 Å². The predicted molar refractivity (Wildman–Crippen MR) is 98.6 cm³/mol. The van der Waals surface area contributed by atoms with E-state index in [1.807, 2.05) is 0 Å². The highest BCUT2D eigenvalue weighted by Gasteiger charge is 2.24. The zero-order valence-corrected chi connectivity index (χ0v) is 15.6. The molecule has 3 rings (SSSR count). The molecule has 0 bridgehead atoms. The maximum absolute atomic E-state index is 12.9. The Morgan fingerprint density at radius 1 is 1.32 bits per heavy atom. The van der Waals surface area contributed by atoms with E-state index in [0.717, 1.165) is 0 Å². The number of thiophene rings is 1. The standard InChI is InChI=1S/C17H13Cl2NO4S/c1-8-10(6-14(21)22)15-11(3-4-12(24-2)16(15)19)20(8)17(23)9-5-13(18)25-7-9/h3-5,7H,6H2,1-2H3,(H,21,22). The van der Waals surface area contributed by atoms with Crippen molar-refractivity contribution < 1.29 is 19.4 Å². The summed E-state index contributed by atoms with van der Waals surface area (Å²) >= 11 is 13.6. The van der Waals surface area contributed by atoms with Gasteiger partial charge in [0.2, 0.25) is 0 Å². The SMILES string of the molecule is COc1ccc2c(c1Cl)c(CC(=O)O)c(C)n2C(=O)c1csc(Cl)c1. The molecule has 0 saturated carbocycles. The van der Waals surface area contributed by atoms with Gasteiger partial charge in [-0.2, -0.15) is 0 Å². The highest BCUT2D eigenvalue weighted by molar-refractivity contribution is 7.14. The first kappa shape index (κ1) is 17.8. The summed E-state index contributed by atoms with van der Waals surface area (Å²) in [6.45, 7) is 1.70. The van der Waals surface area contributed by atoms with Crippen LogP contribution in [0.3, 0.4) is 0 Å². The van der Waals surface area contributed by atoms with Crippen LogP contribution in [0.5, 0.6) is 5.75 Å². The summed E-state index contributed by atoms with van der Waals surface area (Å²) in [7, 11) is 1.48. The molecule has 25 heavy (non-hydrogen) atoms. The Labute approximate surface area is 157 Å². The van der Waals surface area contributed by atoms with Crippen molar-refractivity contribution in [2.45, 2.75) is 13.3 Å². The summed E-state index contributed by atoms with van der Waals surface area (Å²) in [5.74, 6) is -0.875. The second-order valence-electron chi connectivity index (χ2n) is 5.39. The van der Waals surface area contributed by atoms with Gasteiger partial charge in [-0.05, 0) is 30.7 Å². The van der Waals surface area contributed by atoms with Crippen LogP contribution in [0.2, 0.25) is 9.36 Å². The number of carboxylic acids is 1. The number of carbonyl (C=O) groups excluding carboxylic acids is 1. The fraction of sp³-hybridized carbons (Fsp3) is 0.176. The number of methoxy groups -OCH3 is 1. The largest absolute Gasteiger partial charge is 0.495 e. The summed E-state index contributed by atoms with van der Waals surface area (Å²) in [5.41, 5.74) is 1.98. The zero-order chi connectivity index (χ0) is 18.3. The molecule has 0 saturated heterocycles. The van der Waals surface area contributed by atoms with E-state index in [1.165, 1.54) is 23.0 Å². The molecule has 2 aromatic heterocycles. The molecule has 0 spiro atoms. The number of aliphatic carboxylic acids is 1. The van der Waals surface area contributed by atoms with E-state index in [0.29, 0.717) is 37.8 Å². The predicted octanol–water partition coefficient (Wildman–Crippen LogP) is 4.64. The molecule has 130 valence electrons. The third-order valence-corrected chi connectivity index (χ3v) is 5.43. The smallest absolute Gasteiger partial charge is 0.307 e. The van der Waals surface area contributed by atoms with Crippen molar-refractivity contribution in [3.8, 4) is 5.75 Å². The Kier molecular flexibility index (Phi) is 4.77. The molecule has 0 aliphatic rings. The first-order valence-corrected chi connectivity index (χ1v) is 8.85. The molecule has 0 atom stereocenters. The minimum atomic E-state index is -1.01. The van der Waals surface area contributed by atoms with Crippen LogP contribution < -0.4 is 4.74 Å². The Morgan fingerprint density at radius 2 is 2.04 bits per heavy atom. The molecule has 0 radical (unpaired) electrons. The Hall–Kier alpha value is -2.02. The molecule has 8 heteroatoms. The van der Waals surface area contributed by atoms with Gasteiger partial charge in [-0.15, -0.1) is 11.3 Å². The van der Waals surface area contributed by atoms with Crippen molar-refractivity contribution in [3.63, 3.8) is 0 Å². The van der Waals surface area contributed by atoms with E-state index in [2.05, 4.69) is 0 Å². The molecule has 0 amide bonds. The highest BCUT2D eigenvalue weighted by Crippen LogP contribution is 2.38. The first-order valence-electron chi connectivity index (χ1n) is 7.22. The van der Waals surface area contributed by atoms with Crippen LogP contribution in [0.15, 0.2) is 23.6 Å². The summed E-state index contributed by atoms with van der Waals surface area (Å²) in [4.78, 5) is 24.2. The summed E-state index contributed by atoms with van der Waals surface area (Å²) in [5, 5.41) is 11.7. The average molecular weight is 398 g/mol. The maximum Gasteiger partial charge on any atom is 0.307 e. The summed E-state index contributed by atoms with van der Waals surface area (Å²) < 4.78 is 7.19. The summed E-state index contributed by atoms with van der Waals surface area (Å²) in [6, 6.07) is 4.94. The van der Waals surface area contributed by atoms with Gasteiger partial charge in [0, 0.05) is 16.5 Å². The van der Waals surface area contributed by atoms with Gasteiger partial charge in [-0.3, -0.25) is 14.2 Å². The number of benzene rings is 1. The molecule has 1 aromatic carbocycles. The second-order valence-corrected chi connectivity index (χ2v) is 7.31. The fourth-order valence-corrected chi connectivity index (χ4v) is 4.06. The number of fused-ring (bicyclic) bond motifs is 1. The second kappa shape index (κ2) is 6.71. The fourth-order valence-electron chi connectivity index (χ4n) is 2.85. The number of carboxylic acid groups (broad SMARTS) is 1. The van der Waals surface area contributed by atoms with Gasteiger partial charge in [0.25, 0.3) is 5.91 Å². The molecule has 5 nitrogen and oxygen atoms in total. The van der Waals surface area contributed by atoms with E-state index in [4.69, 9.17) is 27.9 Å². The van der Waals surface area contributed by atoms with Crippen molar-refractivity contribution in [2.75, 3.05) is 7.11 Å². The summed E-state index contributed by atoms with van der Waals surface area (Å²) in [6.07, 6.45) is -0.250. The minimum absolute atomic E-state index is 0.250. The van der Waals surface area contributed by atoms with E-state index in [9.17, 15) is 14.7 Å². The molecule has 1 N–H and O–H groups in total. The maximum atomic E-state index is 12.9. The van der Waals surface area contributed by atoms with Crippen LogP contribution in [-0.4, -0.2) is 28.7 Å². The van der Waals surface area contributed by atoms with Crippen LogP contribution in [0.4, 0.5) is 0 Å². The van der Waals surface area contributed by atoms with Crippen molar-refractivity contribution in [2.24, 2.45) is 0 Å². The Morgan fingerprint density at radius 3 is 2.60 bits per heavy atom. The van der Waals surface area contributed by atoms with Gasteiger partial charge < -0.3 is 9.84 Å². The van der Waals surface area contributed by atoms with Crippen molar-refractivity contribution in [1.29, 1.82) is 0 Å². The molecule has 0 aliphatic heterocycles. The molecule has 0 fully saturated rings. The minimum Gasteiger partial charge on any atom is -0.495 e. The lowest BCUT2D eigenvalue weighted by Gasteiger charge is -2.07.